The number of nitrogens with one attached hydrogen (secondary N) is 3. The third kappa shape index (κ3) is 4.54. The maximum Gasteiger partial charge on any atom is 0.418 e. The number of fused-ring (bicyclic) bond motifs is 1. The zero-order valence-corrected chi connectivity index (χ0v) is 17.3. The van der Waals surface area contributed by atoms with Crippen molar-refractivity contribution in [1.29, 1.82) is 0 Å². The fraction of sp³-hybridized carbons (Fsp3) is 0.429. The number of rotatable bonds is 7. The Morgan fingerprint density at radius 1 is 1.13 bits per heavy atom. The van der Waals surface area contributed by atoms with Gasteiger partial charge in [-0.05, 0) is 30.0 Å². The Hall–Kier alpha value is -2.59. The molecule has 0 saturated heterocycles. The van der Waals surface area contributed by atoms with Gasteiger partial charge >= 0.3 is 6.18 Å². The summed E-state index contributed by atoms with van der Waals surface area (Å²) in [6, 6.07) is 6.65. The lowest BCUT2D eigenvalue weighted by Gasteiger charge is -2.38. The molecule has 4 N–H and O–H groups in total. The van der Waals surface area contributed by atoms with E-state index in [4.69, 9.17) is 4.74 Å². The molecule has 1 heterocycles. The molecule has 0 saturated carbocycles. The monoisotopic (exact) mass is 445 g/mol. The molecule has 3 rings (SSSR count). The minimum absolute atomic E-state index is 0.0191. The molecule has 0 aromatic heterocycles. The molecule has 0 aliphatic carbocycles. The van der Waals surface area contributed by atoms with E-state index in [1.807, 2.05) is 0 Å². The van der Waals surface area contributed by atoms with E-state index in [2.05, 4.69) is 16.2 Å². The summed E-state index contributed by atoms with van der Waals surface area (Å²) in [5.74, 6) is -2.49. The van der Waals surface area contributed by atoms with E-state index < -0.39 is 41.8 Å². The first-order valence-electron chi connectivity index (χ1n) is 9.55. The van der Waals surface area contributed by atoms with E-state index in [0.717, 1.165) is 23.4 Å². The van der Waals surface area contributed by atoms with Crippen molar-refractivity contribution in [3.63, 3.8) is 0 Å². The third-order valence-corrected chi connectivity index (χ3v) is 5.47. The Bertz CT molecular complexity index is 965. The number of benzene rings is 2. The number of hydrogen-bond acceptors (Lipinski definition) is 5. The third-order valence-electron chi connectivity index (χ3n) is 5.47. The van der Waals surface area contributed by atoms with Crippen LogP contribution in [0, 0.1) is 11.6 Å². The minimum atomic E-state index is -4.99. The van der Waals surface area contributed by atoms with Gasteiger partial charge in [-0.3, -0.25) is 0 Å². The van der Waals surface area contributed by atoms with Crippen molar-refractivity contribution >= 4 is 11.4 Å². The van der Waals surface area contributed by atoms with Crippen LogP contribution in [0.25, 0.3) is 0 Å². The summed E-state index contributed by atoms with van der Waals surface area (Å²) in [6.45, 7) is 2.39. The average Bonchev–Trinajstić information content (AvgIpc) is 3.16. The van der Waals surface area contributed by atoms with Gasteiger partial charge in [0.25, 0.3) is 0 Å². The molecule has 1 atom stereocenters. The van der Waals surface area contributed by atoms with Gasteiger partial charge in [0.1, 0.15) is 5.75 Å². The molecule has 0 radical (unpaired) electrons. The molecule has 170 valence electrons. The summed E-state index contributed by atoms with van der Waals surface area (Å²) >= 11 is 0. The molecule has 0 bridgehead atoms. The predicted octanol–water partition coefficient (Wildman–Crippen LogP) is 4.48. The molecule has 0 amide bonds. The van der Waals surface area contributed by atoms with Gasteiger partial charge in [0.2, 0.25) is 0 Å². The zero-order valence-electron chi connectivity index (χ0n) is 17.3. The highest BCUT2D eigenvalue weighted by Gasteiger charge is 2.56. The van der Waals surface area contributed by atoms with Crippen molar-refractivity contribution in [3.05, 3.63) is 53.1 Å². The molecular formula is C21H24F5N3O2. The quantitative estimate of drug-likeness (QED) is 0.474. The molecule has 2 aromatic carbocycles. The van der Waals surface area contributed by atoms with Crippen LogP contribution in [0.5, 0.6) is 5.75 Å². The predicted molar refractivity (Wildman–Crippen MR) is 107 cm³/mol. The van der Waals surface area contributed by atoms with Gasteiger partial charge in [-0.25, -0.2) is 14.2 Å². The molecule has 0 fully saturated rings. The Labute approximate surface area is 176 Å². The molecular weight excluding hydrogens is 421 g/mol. The van der Waals surface area contributed by atoms with Crippen LogP contribution in [0.2, 0.25) is 0 Å². The molecule has 10 heteroatoms. The Morgan fingerprint density at radius 2 is 1.81 bits per heavy atom. The topological polar surface area (TPSA) is 65.5 Å². The van der Waals surface area contributed by atoms with Crippen molar-refractivity contribution in [3.8, 4) is 5.75 Å². The first-order valence-corrected chi connectivity index (χ1v) is 9.55. The second-order valence-corrected chi connectivity index (χ2v) is 8.22. The summed E-state index contributed by atoms with van der Waals surface area (Å²) in [5, 5.41) is 13.4. The van der Waals surface area contributed by atoms with E-state index in [-0.39, 0.29) is 11.3 Å². The van der Waals surface area contributed by atoms with Crippen molar-refractivity contribution < 1.29 is 31.8 Å². The number of alkyl halides is 3. The summed E-state index contributed by atoms with van der Waals surface area (Å²) in [6.07, 6.45) is -5.80. The molecule has 2 aromatic rings. The van der Waals surface area contributed by atoms with Crippen LogP contribution >= 0.6 is 0 Å². The lowest BCUT2D eigenvalue weighted by Crippen LogP contribution is -2.53. The summed E-state index contributed by atoms with van der Waals surface area (Å²) in [4.78, 5) is 0. The smallest absolute Gasteiger partial charge is 0.418 e. The molecule has 0 spiro atoms. The number of hydrazine groups is 1. The standard InChI is InChI=1S/C21H24F5N3O2/c1-19(2,13-7-14(22)15(23)8-18(13)31-3)10-20(30,21(24,25)26)11-27-16-5-4-6-17-12(16)9-28-29-17/h4-8,27-30H,9-11H2,1-3H3. The van der Waals surface area contributed by atoms with Gasteiger partial charge in [0.15, 0.2) is 17.2 Å². The van der Waals surface area contributed by atoms with Crippen molar-refractivity contribution in [2.45, 2.75) is 44.0 Å². The fourth-order valence-electron chi connectivity index (χ4n) is 3.84. The Kier molecular flexibility index (Phi) is 6.07. The largest absolute Gasteiger partial charge is 0.496 e. The van der Waals surface area contributed by atoms with Crippen LogP contribution in [0.3, 0.4) is 0 Å². The molecule has 1 aliphatic heterocycles. The lowest BCUT2D eigenvalue weighted by molar-refractivity contribution is -0.260. The van der Waals surface area contributed by atoms with E-state index in [0.29, 0.717) is 12.2 Å². The normalized spacial score (nSPS) is 15.8. The van der Waals surface area contributed by atoms with Crippen LogP contribution in [-0.2, 0) is 12.0 Å². The highest BCUT2D eigenvalue weighted by Crippen LogP contribution is 2.44. The molecule has 5 nitrogen and oxygen atoms in total. The zero-order chi connectivity index (χ0) is 23.0. The number of ether oxygens (including phenoxy) is 1. The van der Waals surface area contributed by atoms with Crippen LogP contribution in [0.15, 0.2) is 30.3 Å². The highest BCUT2D eigenvalue weighted by molar-refractivity contribution is 5.67. The number of aliphatic hydroxyl groups is 1. The number of hydrogen-bond donors (Lipinski definition) is 4. The first kappa shape index (κ1) is 23.1. The Balaban J connectivity index is 1.91. The van der Waals surface area contributed by atoms with Crippen molar-refractivity contribution in [1.82, 2.24) is 5.43 Å². The number of halogens is 5. The van der Waals surface area contributed by atoms with Gasteiger partial charge in [-0.15, -0.1) is 0 Å². The van der Waals surface area contributed by atoms with E-state index >= 15 is 0 Å². The SMILES string of the molecule is COc1cc(F)c(F)cc1C(C)(C)CC(O)(CNc1cccc2c1CNN2)C(F)(F)F. The van der Waals surface area contributed by atoms with Gasteiger partial charge in [0, 0.05) is 29.4 Å². The van der Waals surface area contributed by atoms with Gasteiger partial charge < -0.3 is 20.6 Å². The minimum Gasteiger partial charge on any atom is -0.496 e. The fourth-order valence-corrected chi connectivity index (χ4v) is 3.84. The van der Waals surface area contributed by atoms with Crippen molar-refractivity contribution in [2.24, 2.45) is 0 Å². The van der Waals surface area contributed by atoms with Gasteiger partial charge in [-0.2, -0.15) is 13.2 Å². The first-order chi connectivity index (χ1) is 14.4. The van der Waals surface area contributed by atoms with Crippen LogP contribution in [0.4, 0.5) is 33.3 Å². The van der Waals surface area contributed by atoms with E-state index in [1.54, 1.807) is 18.2 Å². The van der Waals surface area contributed by atoms with Crippen LogP contribution in [-0.4, -0.2) is 30.5 Å². The second-order valence-electron chi connectivity index (χ2n) is 8.22. The maximum atomic E-state index is 14.0. The highest BCUT2D eigenvalue weighted by atomic mass is 19.4. The van der Waals surface area contributed by atoms with Crippen molar-refractivity contribution in [2.75, 3.05) is 24.4 Å². The number of methoxy groups -OCH3 is 1. The summed E-state index contributed by atoms with van der Waals surface area (Å²) in [7, 11) is 1.21. The summed E-state index contributed by atoms with van der Waals surface area (Å²) < 4.78 is 74.4. The molecule has 1 unspecified atom stereocenters. The molecule has 1 aliphatic rings. The second kappa shape index (κ2) is 8.16. The number of anilines is 2. The van der Waals surface area contributed by atoms with Gasteiger partial charge in [0.05, 0.1) is 19.3 Å². The van der Waals surface area contributed by atoms with E-state index in [1.165, 1.54) is 21.0 Å². The van der Waals surface area contributed by atoms with Crippen LogP contribution < -0.4 is 20.9 Å². The lowest BCUT2D eigenvalue weighted by atomic mass is 9.74. The van der Waals surface area contributed by atoms with Crippen LogP contribution in [0.1, 0.15) is 31.4 Å². The average molecular weight is 445 g/mol. The molecule has 31 heavy (non-hydrogen) atoms. The summed E-state index contributed by atoms with van der Waals surface area (Å²) in [5.41, 5.74) is 3.15. The van der Waals surface area contributed by atoms with Gasteiger partial charge in [-0.1, -0.05) is 19.9 Å². The Morgan fingerprint density at radius 3 is 2.45 bits per heavy atom. The van der Waals surface area contributed by atoms with E-state index in [9.17, 15) is 27.1 Å². The maximum absolute atomic E-state index is 14.0.